The summed E-state index contributed by atoms with van der Waals surface area (Å²) in [4.78, 5) is 13.5. The molecule has 3 rings (SSSR count). The Kier molecular flexibility index (Phi) is 2.63. The molecule has 0 spiro atoms. The van der Waals surface area contributed by atoms with E-state index in [1.165, 1.54) is 0 Å². The zero-order valence-electron chi connectivity index (χ0n) is 10.4. The van der Waals surface area contributed by atoms with Crippen LogP contribution in [0, 0.1) is 0 Å². The number of nitrogen functional groups attached to an aromatic ring is 1. The van der Waals surface area contributed by atoms with E-state index in [1.54, 1.807) is 0 Å². The summed E-state index contributed by atoms with van der Waals surface area (Å²) in [5.41, 5.74) is 9.64. The van der Waals surface area contributed by atoms with Crippen molar-refractivity contribution in [1.29, 1.82) is 0 Å². The predicted molar refractivity (Wildman–Crippen MR) is 70.8 cm³/mol. The van der Waals surface area contributed by atoms with Crippen molar-refractivity contribution in [1.82, 2.24) is 0 Å². The van der Waals surface area contributed by atoms with Crippen LogP contribution in [0.2, 0.25) is 0 Å². The number of nitrogens with two attached hydrogens (primary N) is 1. The summed E-state index contributed by atoms with van der Waals surface area (Å²) in [6, 6.07) is 4.23. The molecule has 0 saturated carbocycles. The van der Waals surface area contributed by atoms with Gasteiger partial charge in [-0.05, 0) is 24.1 Å². The van der Waals surface area contributed by atoms with Crippen molar-refractivity contribution in [3.63, 3.8) is 0 Å². The van der Waals surface area contributed by atoms with E-state index in [1.807, 2.05) is 19.2 Å². The second kappa shape index (κ2) is 4.17. The zero-order chi connectivity index (χ0) is 12.7. The molecular weight excluding hydrogens is 230 g/mol. The van der Waals surface area contributed by atoms with Crippen molar-refractivity contribution in [3.05, 3.63) is 17.7 Å². The molecular formula is C13H17N3O2. The summed E-state index contributed by atoms with van der Waals surface area (Å²) >= 11 is 0. The van der Waals surface area contributed by atoms with Crippen LogP contribution in [0.25, 0.3) is 0 Å². The van der Waals surface area contributed by atoms with Crippen LogP contribution in [0.4, 0.5) is 17.1 Å². The third-order valence-corrected chi connectivity index (χ3v) is 3.71. The van der Waals surface area contributed by atoms with E-state index in [-0.39, 0.29) is 5.91 Å². The van der Waals surface area contributed by atoms with Crippen molar-refractivity contribution in [2.24, 2.45) is 0 Å². The van der Waals surface area contributed by atoms with Gasteiger partial charge >= 0.3 is 0 Å². The summed E-state index contributed by atoms with van der Waals surface area (Å²) in [5.74, 6) is 0.0356. The van der Waals surface area contributed by atoms with Gasteiger partial charge in [0.25, 0.3) is 0 Å². The van der Waals surface area contributed by atoms with Crippen molar-refractivity contribution in [2.45, 2.75) is 18.9 Å². The number of carbonyl (C=O) groups is 1. The standard InChI is InChI=1S/C13H17N3O2/c1-16(9-2-3-18-7-9)12-6-11-8(4-10(12)14)5-13(17)15-11/h4,6,9H,2-3,5,7,14H2,1H3,(H,15,17). The Morgan fingerprint density at radius 3 is 3.06 bits per heavy atom. The third-order valence-electron chi connectivity index (χ3n) is 3.71. The quantitative estimate of drug-likeness (QED) is 0.765. The minimum absolute atomic E-state index is 0.0356. The molecule has 1 saturated heterocycles. The average molecular weight is 247 g/mol. The lowest BCUT2D eigenvalue weighted by Gasteiger charge is -2.27. The largest absolute Gasteiger partial charge is 0.397 e. The van der Waals surface area contributed by atoms with Crippen LogP contribution in [0.1, 0.15) is 12.0 Å². The molecule has 2 aliphatic heterocycles. The number of ether oxygens (including phenoxy) is 1. The maximum Gasteiger partial charge on any atom is 0.228 e. The van der Waals surface area contributed by atoms with Gasteiger partial charge in [0.2, 0.25) is 5.91 Å². The molecule has 0 aromatic heterocycles. The number of nitrogens with one attached hydrogen (secondary N) is 1. The second-order valence-corrected chi connectivity index (χ2v) is 4.92. The molecule has 1 aromatic rings. The number of benzene rings is 1. The molecule has 96 valence electrons. The highest BCUT2D eigenvalue weighted by Gasteiger charge is 2.25. The summed E-state index contributed by atoms with van der Waals surface area (Å²) in [6.45, 7) is 1.54. The molecule has 2 aliphatic rings. The molecule has 1 aromatic carbocycles. The number of nitrogens with zero attached hydrogens (tertiary/aromatic N) is 1. The number of hydrogen-bond donors (Lipinski definition) is 2. The summed E-state index contributed by atoms with van der Waals surface area (Å²) < 4.78 is 5.40. The van der Waals surface area contributed by atoms with E-state index >= 15 is 0 Å². The number of anilines is 3. The predicted octanol–water partition coefficient (Wildman–Crippen LogP) is 0.989. The summed E-state index contributed by atoms with van der Waals surface area (Å²) in [6.07, 6.45) is 1.44. The Hall–Kier alpha value is -1.75. The lowest BCUT2D eigenvalue weighted by atomic mass is 10.1. The minimum Gasteiger partial charge on any atom is -0.397 e. The van der Waals surface area contributed by atoms with E-state index in [9.17, 15) is 4.79 Å². The first-order chi connectivity index (χ1) is 8.65. The smallest absolute Gasteiger partial charge is 0.228 e. The van der Waals surface area contributed by atoms with E-state index in [0.29, 0.717) is 12.5 Å². The highest BCUT2D eigenvalue weighted by molar-refractivity contribution is 6.00. The Morgan fingerprint density at radius 1 is 1.50 bits per heavy atom. The van der Waals surface area contributed by atoms with Crippen LogP contribution in [0.5, 0.6) is 0 Å². The van der Waals surface area contributed by atoms with Gasteiger partial charge in [-0.25, -0.2) is 0 Å². The van der Waals surface area contributed by atoms with Crippen LogP contribution >= 0.6 is 0 Å². The molecule has 0 aliphatic carbocycles. The Morgan fingerprint density at radius 2 is 2.33 bits per heavy atom. The molecule has 3 N–H and O–H groups in total. The normalized spacial score (nSPS) is 21.8. The van der Waals surface area contributed by atoms with E-state index < -0.39 is 0 Å². The van der Waals surface area contributed by atoms with Gasteiger partial charge in [0.15, 0.2) is 0 Å². The fraction of sp³-hybridized carbons (Fsp3) is 0.462. The average Bonchev–Trinajstić information content (AvgIpc) is 2.94. The first-order valence-electron chi connectivity index (χ1n) is 6.18. The lowest BCUT2D eigenvalue weighted by Crippen LogP contribution is -2.32. The van der Waals surface area contributed by atoms with Gasteiger partial charge in [-0.15, -0.1) is 0 Å². The molecule has 1 amide bonds. The molecule has 5 nitrogen and oxygen atoms in total. The number of hydrogen-bond acceptors (Lipinski definition) is 4. The minimum atomic E-state index is 0.0356. The van der Waals surface area contributed by atoms with Crippen molar-refractivity contribution in [2.75, 3.05) is 36.2 Å². The molecule has 1 atom stereocenters. The maximum absolute atomic E-state index is 11.4. The Bertz CT molecular complexity index is 495. The Labute approximate surface area is 106 Å². The van der Waals surface area contributed by atoms with Gasteiger partial charge in [-0.1, -0.05) is 0 Å². The maximum atomic E-state index is 11.4. The van der Waals surface area contributed by atoms with E-state index in [4.69, 9.17) is 10.5 Å². The zero-order valence-corrected chi connectivity index (χ0v) is 10.4. The molecule has 1 unspecified atom stereocenters. The summed E-state index contributed by atoms with van der Waals surface area (Å²) in [5, 5.41) is 2.86. The SMILES string of the molecule is CN(c1cc2c(cc1N)CC(=O)N2)C1CCOC1. The topological polar surface area (TPSA) is 67.6 Å². The monoisotopic (exact) mass is 247 g/mol. The molecule has 5 heteroatoms. The fourth-order valence-corrected chi connectivity index (χ4v) is 2.61. The van der Waals surface area contributed by atoms with Gasteiger partial charge in [0.05, 0.1) is 30.4 Å². The number of amides is 1. The molecule has 2 heterocycles. The van der Waals surface area contributed by atoms with Crippen LogP contribution in [-0.4, -0.2) is 32.2 Å². The van der Waals surface area contributed by atoms with E-state index in [0.717, 1.165) is 42.3 Å². The number of carbonyl (C=O) groups excluding carboxylic acids is 1. The fourth-order valence-electron chi connectivity index (χ4n) is 2.61. The number of fused-ring (bicyclic) bond motifs is 1. The molecule has 1 fully saturated rings. The first kappa shape index (κ1) is 11.3. The highest BCUT2D eigenvalue weighted by atomic mass is 16.5. The van der Waals surface area contributed by atoms with Gasteiger partial charge in [-0.2, -0.15) is 0 Å². The number of likely N-dealkylation sites (N-methyl/N-ethyl adjacent to an activating group) is 1. The lowest BCUT2D eigenvalue weighted by molar-refractivity contribution is -0.115. The summed E-state index contributed by atoms with van der Waals surface area (Å²) in [7, 11) is 2.02. The third kappa shape index (κ3) is 1.80. The molecule has 0 radical (unpaired) electrons. The van der Waals surface area contributed by atoms with Crippen molar-refractivity contribution < 1.29 is 9.53 Å². The van der Waals surface area contributed by atoms with Crippen molar-refractivity contribution in [3.8, 4) is 0 Å². The first-order valence-corrected chi connectivity index (χ1v) is 6.18. The van der Waals surface area contributed by atoms with Crippen molar-refractivity contribution >= 4 is 23.0 Å². The highest BCUT2D eigenvalue weighted by Crippen LogP contribution is 2.34. The number of rotatable bonds is 2. The second-order valence-electron chi connectivity index (χ2n) is 4.92. The van der Waals surface area contributed by atoms with Gasteiger partial charge in [-0.3, -0.25) is 4.79 Å². The molecule has 18 heavy (non-hydrogen) atoms. The molecule has 0 bridgehead atoms. The van der Waals surface area contributed by atoms with Gasteiger partial charge < -0.3 is 20.7 Å². The van der Waals surface area contributed by atoms with Gasteiger partial charge in [0, 0.05) is 19.3 Å². The van der Waals surface area contributed by atoms with Crippen LogP contribution < -0.4 is 16.0 Å². The van der Waals surface area contributed by atoms with E-state index in [2.05, 4.69) is 10.2 Å². The Balaban J connectivity index is 1.92. The van der Waals surface area contributed by atoms with Crippen LogP contribution in [0.15, 0.2) is 12.1 Å². The van der Waals surface area contributed by atoms with Crippen LogP contribution in [0.3, 0.4) is 0 Å². The van der Waals surface area contributed by atoms with Gasteiger partial charge in [0.1, 0.15) is 0 Å². The van der Waals surface area contributed by atoms with Crippen LogP contribution in [-0.2, 0) is 16.0 Å².